The minimum absolute atomic E-state index is 0.188. The number of amides is 1. The molecule has 1 amide bonds. The Morgan fingerprint density at radius 2 is 2.04 bits per heavy atom. The number of piperazine rings is 1. The Kier molecular flexibility index (Phi) is 4.80. The lowest BCUT2D eigenvalue weighted by Gasteiger charge is -2.41. The number of carbonyl (C=O) groups excluding carboxylic acids is 1. The SMILES string of the molecule is COc1ccccc1N1CCN(C(=O)c2cc(C(F)(F)F)[nH]n2)[C@@H](C)C1. The summed E-state index contributed by atoms with van der Waals surface area (Å²) in [6.07, 6.45) is -4.56. The molecule has 9 heteroatoms. The number of ether oxygens (including phenoxy) is 1. The van der Waals surface area contributed by atoms with E-state index in [0.29, 0.717) is 19.6 Å². The van der Waals surface area contributed by atoms with Gasteiger partial charge in [-0.15, -0.1) is 0 Å². The molecular weight excluding hydrogens is 349 g/mol. The third kappa shape index (κ3) is 3.47. The largest absolute Gasteiger partial charge is 0.495 e. The molecule has 140 valence electrons. The maximum atomic E-state index is 12.7. The normalized spacial score (nSPS) is 18.1. The molecule has 3 rings (SSSR count). The van der Waals surface area contributed by atoms with Gasteiger partial charge in [-0.2, -0.15) is 18.3 Å². The highest BCUT2D eigenvalue weighted by Crippen LogP contribution is 2.30. The van der Waals surface area contributed by atoms with Crippen LogP contribution in [-0.4, -0.2) is 53.8 Å². The van der Waals surface area contributed by atoms with Gasteiger partial charge in [-0.25, -0.2) is 0 Å². The van der Waals surface area contributed by atoms with E-state index in [4.69, 9.17) is 4.74 Å². The van der Waals surface area contributed by atoms with Gasteiger partial charge in [0.1, 0.15) is 11.4 Å². The third-order valence-electron chi connectivity index (χ3n) is 4.42. The van der Waals surface area contributed by atoms with Crippen molar-refractivity contribution in [2.24, 2.45) is 0 Å². The van der Waals surface area contributed by atoms with E-state index in [1.807, 2.05) is 36.3 Å². The molecule has 1 aromatic carbocycles. The van der Waals surface area contributed by atoms with Crippen molar-refractivity contribution in [1.29, 1.82) is 0 Å². The molecule has 1 atom stereocenters. The average Bonchev–Trinajstić information content (AvgIpc) is 3.11. The van der Waals surface area contributed by atoms with E-state index in [0.717, 1.165) is 17.5 Å². The number of halogens is 3. The summed E-state index contributed by atoms with van der Waals surface area (Å²) < 4.78 is 43.4. The van der Waals surface area contributed by atoms with Crippen molar-refractivity contribution in [2.45, 2.75) is 19.1 Å². The predicted molar refractivity (Wildman–Crippen MR) is 89.3 cm³/mol. The summed E-state index contributed by atoms with van der Waals surface area (Å²) in [4.78, 5) is 16.2. The number of hydrogen-bond acceptors (Lipinski definition) is 4. The number of H-pyrrole nitrogens is 1. The molecule has 0 unspecified atom stereocenters. The van der Waals surface area contributed by atoms with E-state index in [2.05, 4.69) is 10.00 Å². The van der Waals surface area contributed by atoms with Gasteiger partial charge in [0.2, 0.25) is 0 Å². The van der Waals surface area contributed by atoms with E-state index in [9.17, 15) is 18.0 Å². The molecule has 26 heavy (non-hydrogen) atoms. The van der Waals surface area contributed by atoms with Gasteiger partial charge in [0.05, 0.1) is 12.8 Å². The van der Waals surface area contributed by atoms with E-state index in [1.54, 1.807) is 12.0 Å². The Morgan fingerprint density at radius 1 is 1.31 bits per heavy atom. The molecule has 0 radical (unpaired) electrons. The zero-order chi connectivity index (χ0) is 18.9. The Bertz CT molecular complexity index is 790. The van der Waals surface area contributed by atoms with Crippen molar-refractivity contribution in [3.8, 4) is 5.75 Å². The van der Waals surface area contributed by atoms with Gasteiger partial charge in [0.15, 0.2) is 5.69 Å². The van der Waals surface area contributed by atoms with Crippen LogP contribution in [0.15, 0.2) is 30.3 Å². The van der Waals surface area contributed by atoms with Crippen LogP contribution in [0.3, 0.4) is 0 Å². The smallest absolute Gasteiger partial charge is 0.432 e. The van der Waals surface area contributed by atoms with E-state index in [1.165, 1.54) is 0 Å². The summed E-state index contributed by atoms with van der Waals surface area (Å²) in [6.45, 7) is 3.33. The Balaban J connectivity index is 1.73. The second-order valence-corrected chi connectivity index (χ2v) is 6.13. The number of rotatable bonds is 3. The number of methoxy groups -OCH3 is 1. The van der Waals surface area contributed by atoms with Gasteiger partial charge in [-0.1, -0.05) is 12.1 Å². The number of nitrogens with zero attached hydrogens (tertiary/aromatic N) is 3. The van der Waals surface area contributed by atoms with Crippen LogP contribution in [0, 0.1) is 0 Å². The van der Waals surface area contributed by atoms with E-state index in [-0.39, 0.29) is 11.7 Å². The molecule has 6 nitrogen and oxygen atoms in total. The second kappa shape index (κ2) is 6.89. The van der Waals surface area contributed by atoms with Gasteiger partial charge in [-0.3, -0.25) is 9.89 Å². The quantitative estimate of drug-likeness (QED) is 0.905. The second-order valence-electron chi connectivity index (χ2n) is 6.13. The van der Waals surface area contributed by atoms with Crippen LogP contribution in [0.25, 0.3) is 0 Å². The third-order valence-corrected chi connectivity index (χ3v) is 4.42. The molecule has 1 aliphatic rings. The van der Waals surface area contributed by atoms with Crippen molar-refractivity contribution < 1.29 is 22.7 Å². The number of aromatic amines is 1. The van der Waals surface area contributed by atoms with Crippen molar-refractivity contribution in [1.82, 2.24) is 15.1 Å². The lowest BCUT2D eigenvalue weighted by Crippen LogP contribution is -2.54. The molecule has 1 N–H and O–H groups in total. The molecular formula is C17H19F3N4O2. The van der Waals surface area contributed by atoms with Gasteiger partial charge >= 0.3 is 6.18 Å². The lowest BCUT2D eigenvalue weighted by atomic mass is 10.1. The van der Waals surface area contributed by atoms with Crippen molar-refractivity contribution >= 4 is 11.6 Å². The molecule has 1 aliphatic heterocycles. The zero-order valence-corrected chi connectivity index (χ0v) is 14.4. The fourth-order valence-electron chi connectivity index (χ4n) is 3.09. The lowest BCUT2D eigenvalue weighted by molar-refractivity contribution is -0.141. The molecule has 2 aromatic rings. The number of nitrogens with one attached hydrogen (secondary N) is 1. The summed E-state index contributed by atoms with van der Waals surface area (Å²) in [7, 11) is 1.60. The molecule has 1 aromatic heterocycles. The van der Waals surface area contributed by atoms with Gasteiger partial charge < -0.3 is 14.5 Å². The highest BCUT2D eigenvalue weighted by molar-refractivity contribution is 5.92. The monoisotopic (exact) mass is 368 g/mol. The molecule has 1 fully saturated rings. The highest BCUT2D eigenvalue weighted by Gasteiger charge is 2.36. The van der Waals surface area contributed by atoms with E-state index < -0.39 is 17.8 Å². The fraction of sp³-hybridized carbons (Fsp3) is 0.412. The van der Waals surface area contributed by atoms with Crippen LogP contribution in [0.2, 0.25) is 0 Å². The van der Waals surface area contributed by atoms with Crippen LogP contribution in [-0.2, 0) is 6.18 Å². The summed E-state index contributed by atoms with van der Waals surface area (Å²) in [5, 5.41) is 5.41. The van der Waals surface area contributed by atoms with Crippen molar-refractivity contribution in [3.63, 3.8) is 0 Å². The number of aromatic nitrogens is 2. The summed E-state index contributed by atoms with van der Waals surface area (Å²) in [5.41, 5.74) is -0.329. The molecule has 0 saturated carbocycles. The first kappa shape index (κ1) is 18.1. The highest BCUT2D eigenvalue weighted by atomic mass is 19.4. The number of hydrogen-bond donors (Lipinski definition) is 1. The van der Waals surface area contributed by atoms with Crippen LogP contribution in [0.5, 0.6) is 5.75 Å². The number of carbonyl (C=O) groups is 1. The first-order valence-corrected chi connectivity index (χ1v) is 8.13. The maximum Gasteiger partial charge on any atom is 0.432 e. The minimum atomic E-state index is -4.56. The molecule has 0 spiro atoms. The Labute approximate surface area is 148 Å². The Morgan fingerprint density at radius 3 is 2.65 bits per heavy atom. The number of alkyl halides is 3. The number of anilines is 1. The molecule has 1 saturated heterocycles. The summed E-state index contributed by atoms with van der Waals surface area (Å²) >= 11 is 0. The van der Waals surface area contributed by atoms with Gasteiger partial charge in [0, 0.05) is 31.7 Å². The molecule has 0 aliphatic carbocycles. The minimum Gasteiger partial charge on any atom is -0.495 e. The first-order chi connectivity index (χ1) is 12.3. The van der Waals surface area contributed by atoms with Crippen LogP contribution < -0.4 is 9.64 Å². The summed E-state index contributed by atoms with van der Waals surface area (Å²) in [5.74, 6) is 0.227. The van der Waals surface area contributed by atoms with E-state index >= 15 is 0 Å². The topological polar surface area (TPSA) is 61.5 Å². The van der Waals surface area contributed by atoms with Crippen LogP contribution in [0.4, 0.5) is 18.9 Å². The van der Waals surface area contributed by atoms with Crippen LogP contribution >= 0.6 is 0 Å². The Hall–Kier alpha value is -2.71. The predicted octanol–water partition coefficient (Wildman–Crippen LogP) is 2.79. The number of para-hydroxylation sites is 2. The fourth-order valence-corrected chi connectivity index (χ4v) is 3.09. The molecule has 2 heterocycles. The van der Waals surface area contributed by atoms with Crippen molar-refractivity contribution in [3.05, 3.63) is 41.7 Å². The summed E-state index contributed by atoms with van der Waals surface area (Å²) in [6, 6.07) is 8.14. The zero-order valence-electron chi connectivity index (χ0n) is 14.4. The average molecular weight is 368 g/mol. The maximum absolute atomic E-state index is 12.7. The standard InChI is InChI=1S/C17H19F3N4O2/c1-11-10-23(13-5-3-4-6-14(13)26-2)7-8-24(11)16(25)12-9-15(22-21-12)17(18,19)20/h3-6,9,11H,7-8,10H2,1-2H3,(H,21,22)/t11-/m0/s1. The first-order valence-electron chi connectivity index (χ1n) is 8.13. The van der Waals surface area contributed by atoms with Gasteiger partial charge in [0.25, 0.3) is 5.91 Å². The molecule has 0 bridgehead atoms. The number of benzene rings is 1. The van der Waals surface area contributed by atoms with Crippen molar-refractivity contribution in [2.75, 3.05) is 31.6 Å². The van der Waals surface area contributed by atoms with Gasteiger partial charge in [-0.05, 0) is 19.1 Å². The van der Waals surface area contributed by atoms with Crippen LogP contribution in [0.1, 0.15) is 23.1 Å².